The van der Waals surface area contributed by atoms with Crippen LogP contribution in [0.15, 0.2) is 65.7 Å². The quantitative estimate of drug-likeness (QED) is 0.474. The minimum Gasteiger partial charge on any atom is -0.379 e. The van der Waals surface area contributed by atoms with Gasteiger partial charge in [0, 0.05) is 24.2 Å². The molecule has 2 heterocycles. The van der Waals surface area contributed by atoms with Crippen LogP contribution < -0.4 is 0 Å². The zero-order valence-corrected chi connectivity index (χ0v) is 16.1. The fourth-order valence-corrected chi connectivity index (χ4v) is 3.96. The van der Waals surface area contributed by atoms with Crippen LogP contribution in [0.3, 0.4) is 0 Å². The van der Waals surface area contributed by atoms with Crippen LogP contribution in [0.1, 0.15) is 11.4 Å². The molecule has 1 fully saturated rings. The molecule has 1 aliphatic rings. The fraction of sp³-hybridized carbons (Fsp3) is 0.273. The highest BCUT2D eigenvalue weighted by atomic mass is 32.2. The Balaban J connectivity index is 1.50. The summed E-state index contributed by atoms with van der Waals surface area (Å²) in [4.78, 5) is 12.0. The molecule has 0 N–H and O–H groups in total. The van der Waals surface area contributed by atoms with Crippen molar-refractivity contribution < 1.29 is 4.74 Å². The Morgan fingerprint density at radius 2 is 1.74 bits per heavy atom. The second-order valence-electron chi connectivity index (χ2n) is 6.47. The largest absolute Gasteiger partial charge is 0.379 e. The van der Waals surface area contributed by atoms with Crippen LogP contribution in [0, 0.1) is 0 Å². The molecule has 4 rings (SSSR count). The number of rotatable bonds is 6. The van der Waals surface area contributed by atoms with Crippen molar-refractivity contribution in [3.8, 4) is 0 Å². The number of hydrogen-bond acceptors (Lipinski definition) is 5. The maximum absolute atomic E-state index is 5.44. The first-order valence-corrected chi connectivity index (χ1v) is 10.3. The number of para-hydroxylation sites is 1. The zero-order valence-electron chi connectivity index (χ0n) is 15.3. The van der Waals surface area contributed by atoms with Gasteiger partial charge in [-0.05, 0) is 11.6 Å². The molecule has 138 valence electrons. The molecule has 1 aliphatic heterocycles. The second kappa shape index (κ2) is 9.13. The molecule has 0 saturated carbocycles. The molecule has 0 atom stereocenters. The Kier molecular flexibility index (Phi) is 6.14. The lowest BCUT2D eigenvalue weighted by Crippen LogP contribution is -2.36. The summed E-state index contributed by atoms with van der Waals surface area (Å²) in [5.74, 6) is 1.78. The van der Waals surface area contributed by atoms with Crippen molar-refractivity contribution in [2.24, 2.45) is 0 Å². The smallest absolute Gasteiger partial charge is 0.144 e. The molecule has 0 unspecified atom stereocenters. The molecular weight excluding hydrogens is 354 g/mol. The maximum atomic E-state index is 5.44. The molecule has 5 heteroatoms. The molecule has 3 aromatic rings. The number of aromatic nitrogens is 2. The minimum absolute atomic E-state index is 0.779. The van der Waals surface area contributed by atoms with Crippen molar-refractivity contribution in [1.82, 2.24) is 14.9 Å². The van der Waals surface area contributed by atoms with Crippen molar-refractivity contribution in [2.45, 2.75) is 11.6 Å². The zero-order chi connectivity index (χ0) is 18.3. The van der Waals surface area contributed by atoms with E-state index >= 15 is 0 Å². The number of benzene rings is 2. The van der Waals surface area contributed by atoms with E-state index < -0.39 is 0 Å². The number of ether oxygens (including phenoxy) is 1. The molecule has 0 aliphatic carbocycles. The highest BCUT2D eigenvalue weighted by Gasteiger charge is 2.14. The third kappa shape index (κ3) is 4.95. The van der Waals surface area contributed by atoms with Crippen LogP contribution in [-0.4, -0.2) is 46.9 Å². The lowest BCUT2D eigenvalue weighted by atomic mass is 10.2. The molecule has 1 aromatic heterocycles. The summed E-state index contributed by atoms with van der Waals surface area (Å²) in [6, 6.07) is 18.7. The highest BCUT2D eigenvalue weighted by molar-refractivity contribution is 7.99. The summed E-state index contributed by atoms with van der Waals surface area (Å²) in [5, 5.41) is 2.18. The molecule has 4 nitrogen and oxygen atoms in total. The molecular formula is C22H23N3OS. The van der Waals surface area contributed by atoms with E-state index in [-0.39, 0.29) is 0 Å². The Bertz CT molecular complexity index is 908. The number of hydrogen-bond donors (Lipinski definition) is 0. The van der Waals surface area contributed by atoms with Crippen LogP contribution in [0.25, 0.3) is 17.0 Å². The lowest BCUT2D eigenvalue weighted by molar-refractivity contribution is 0.0330. The van der Waals surface area contributed by atoms with E-state index in [4.69, 9.17) is 14.7 Å². The topological polar surface area (TPSA) is 38.2 Å². The molecule has 0 amide bonds. The summed E-state index contributed by atoms with van der Waals surface area (Å²) in [6.07, 6.45) is 4.35. The number of morpholine rings is 1. The monoisotopic (exact) mass is 377 g/mol. The van der Waals surface area contributed by atoms with Crippen molar-refractivity contribution in [3.63, 3.8) is 0 Å². The Hall–Kier alpha value is -2.21. The molecule has 0 radical (unpaired) electrons. The number of fused-ring (bicyclic) bond motifs is 1. The average molecular weight is 378 g/mol. The van der Waals surface area contributed by atoms with Crippen LogP contribution >= 0.6 is 11.8 Å². The van der Waals surface area contributed by atoms with Gasteiger partial charge in [-0.15, -0.1) is 11.8 Å². The van der Waals surface area contributed by atoms with Gasteiger partial charge in [0.05, 0.1) is 25.3 Å². The third-order valence-corrected chi connectivity index (χ3v) is 5.45. The van der Waals surface area contributed by atoms with Crippen molar-refractivity contribution in [1.29, 1.82) is 0 Å². The normalized spacial score (nSPS) is 15.6. The fourth-order valence-electron chi connectivity index (χ4n) is 3.11. The van der Waals surface area contributed by atoms with E-state index in [1.165, 1.54) is 5.56 Å². The van der Waals surface area contributed by atoms with Gasteiger partial charge in [-0.2, -0.15) is 0 Å². The van der Waals surface area contributed by atoms with Crippen LogP contribution in [0.2, 0.25) is 0 Å². The standard InChI is InChI=1S/C22H23N3OS/c1-2-7-18(8-3-1)9-6-16-27-22-19-10-4-5-11-20(19)23-21(24-22)17-25-12-14-26-15-13-25/h1-11H,12-17H2/b9-6+. The molecule has 1 saturated heterocycles. The lowest BCUT2D eigenvalue weighted by Gasteiger charge is -2.25. The maximum Gasteiger partial charge on any atom is 0.144 e. The van der Waals surface area contributed by atoms with Crippen molar-refractivity contribution >= 4 is 28.7 Å². The first-order valence-electron chi connectivity index (χ1n) is 9.29. The van der Waals surface area contributed by atoms with Crippen LogP contribution in [0.4, 0.5) is 0 Å². The van der Waals surface area contributed by atoms with Gasteiger partial charge in [0.25, 0.3) is 0 Å². The van der Waals surface area contributed by atoms with Crippen LogP contribution in [0.5, 0.6) is 0 Å². The van der Waals surface area contributed by atoms with Gasteiger partial charge < -0.3 is 4.74 Å². The number of nitrogens with zero attached hydrogens (tertiary/aromatic N) is 3. The predicted molar refractivity (Wildman–Crippen MR) is 112 cm³/mol. The number of thioether (sulfide) groups is 1. The van der Waals surface area contributed by atoms with E-state index in [0.717, 1.165) is 60.4 Å². The summed E-state index contributed by atoms with van der Waals surface area (Å²) in [7, 11) is 0. The molecule has 0 spiro atoms. The Labute approximate surface area is 164 Å². The van der Waals surface area contributed by atoms with Gasteiger partial charge in [-0.1, -0.05) is 60.7 Å². The summed E-state index contributed by atoms with van der Waals surface area (Å²) in [6.45, 7) is 4.25. The van der Waals surface area contributed by atoms with Crippen LogP contribution in [-0.2, 0) is 11.3 Å². The molecule has 2 aromatic carbocycles. The van der Waals surface area contributed by atoms with E-state index in [1.807, 2.05) is 12.1 Å². The highest BCUT2D eigenvalue weighted by Crippen LogP contribution is 2.26. The average Bonchev–Trinajstić information content (AvgIpc) is 2.72. The summed E-state index contributed by atoms with van der Waals surface area (Å²) in [5.41, 5.74) is 2.24. The first-order chi connectivity index (χ1) is 13.4. The van der Waals surface area contributed by atoms with Gasteiger partial charge in [0.2, 0.25) is 0 Å². The van der Waals surface area contributed by atoms with E-state index in [0.29, 0.717) is 0 Å². The van der Waals surface area contributed by atoms with E-state index in [1.54, 1.807) is 11.8 Å². The molecule has 0 bridgehead atoms. The molecule has 27 heavy (non-hydrogen) atoms. The van der Waals surface area contributed by atoms with Crippen molar-refractivity contribution in [2.75, 3.05) is 32.1 Å². The van der Waals surface area contributed by atoms with Gasteiger partial charge in [0.15, 0.2) is 0 Å². The minimum atomic E-state index is 0.779. The SMILES string of the molecule is C(=C\c1ccccc1)/CSc1nc(CN2CCOCC2)nc2ccccc12. The Morgan fingerprint density at radius 1 is 0.963 bits per heavy atom. The van der Waals surface area contributed by atoms with Gasteiger partial charge in [0.1, 0.15) is 10.9 Å². The summed E-state index contributed by atoms with van der Waals surface area (Å²) < 4.78 is 5.44. The third-order valence-electron chi connectivity index (χ3n) is 4.51. The van der Waals surface area contributed by atoms with Gasteiger partial charge in [-0.3, -0.25) is 4.90 Å². The predicted octanol–water partition coefficient (Wildman–Crippen LogP) is 4.27. The Morgan fingerprint density at radius 3 is 2.59 bits per heavy atom. The van der Waals surface area contributed by atoms with E-state index in [2.05, 4.69) is 59.5 Å². The van der Waals surface area contributed by atoms with Gasteiger partial charge >= 0.3 is 0 Å². The second-order valence-corrected chi connectivity index (χ2v) is 7.48. The first kappa shape index (κ1) is 18.2. The van der Waals surface area contributed by atoms with Gasteiger partial charge in [-0.25, -0.2) is 9.97 Å². The summed E-state index contributed by atoms with van der Waals surface area (Å²) >= 11 is 1.76. The van der Waals surface area contributed by atoms with E-state index in [9.17, 15) is 0 Å². The van der Waals surface area contributed by atoms with Crippen molar-refractivity contribution in [3.05, 3.63) is 72.1 Å².